The number of nitrogens with one attached hydrogen (secondary N) is 1. The molecular formula is C22H22N4O3S. The number of hydrogen-bond donors (Lipinski definition) is 1. The van der Waals surface area contributed by atoms with E-state index < -0.39 is 0 Å². The van der Waals surface area contributed by atoms with Crippen LogP contribution in [-0.4, -0.2) is 20.7 Å². The fourth-order valence-corrected chi connectivity index (χ4v) is 4.37. The molecule has 0 fully saturated rings. The summed E-state index contributed by atoms with van der Waals surface area (Å²) in [5.41, 5.74) is 3.36. The number of carbonyl (C=O) groups is 1. The smallest absolute Gasteiger partial charge is 0.294 e. The molecule has 4 aromatic rings. The van der Waals surface area contributed by atoms with Crippen LogP contribution in [0, 0.1) is 6.92 Å². The lowest BCUT2D eigenvalue weighted by Gasteiger charge is -2.15. The zero-order valence-corrected chi connectivity index (χ0v) is 17.9. The first-order chi connectivity index (χ1) is 14.5. The summed E-state index contributed by atoms with van der Waals surface area (Å²) in [6.45, 7) is 5.72. The third-order valence-electron chi connectivity index (χ3n) is 4.92. The van der Waals surface area contributed by atoms with Crippen LogP contribution in [0.25, 0.3) is 21.7 Å². The number of furan rings is 1. The zero-order valence-electron chi connectivity index (χ0n) is 17.1. The molecule has 0 unspecified atom stereocenters. The van der Waals surface area contributed by atoms with Crippen LogP contribution in [0.1, 0.15) is 30.0 Å². The van der Waals surface area contributed by atoms with Crippen LogP contribution in [0.5, 0.6) is 0 Å². The molecule has 0 atom stereocenters. The largest absolute Gasteiger partial charge is 0.463 e. The maximum absolute atomic E-state index is 12.9. The van der Waals surface area contributed by atoms with Crippen molar-refractivity contribution in [2.75, 3.05) is 5.32 Å². The Morgan fingerprint density at radius 3 is 2.53 bits per heavy atom. The molecule has 3 aromatic heterocycles. The maximum atomic E-state index is 12.9. The van der Waals surface area contributed by atoms with Crippen molar-refractivity contribution in [1.29, 1.82) is 0 Å². The van der Waals surface area contributed by atoms with E-state index in [4.69, 9.17) is 4.42 Å². The molecule has 1 N–H and O–H groups in total. The minimum atomic E-state index is -0.390. The second kappa shape index (κ2) is 8.23. The highest BCUT2D eigenvalue weighted by molar-refractivity contribution is 7.19. The molecule has 0 aliphatic heterocycles. The standard InChI is InChI=1S/C22H22N4O3S/c1-4-14-8-6-9-15(5-2)18(14)24-17(27)12-26-22(28)20-21(30-13(3)23-20)19(25-26)16-10-7-11-29-16/h6-11H,4-5,12H2,1-3H3,(H,24,27). The van der Waals surface area contributed by atoms with Gasteiger partial charge in [-0.2, -0.15) is 5.10 Å². The number of aryl methyl sites for hydroxylation is 3. The summed E-state index contributed by atoms with van der Waals surface area (Å²) in [7, 11) is 0. The van der Waals surface area contributed by atoms with Crippen LogP contribution in [0.2, 0.25) is 0 Å². The van der Waals surface area contributed by atoms with Crippen molar-refractivity contribution in [3.63, 3.8) is 0 Å². The number of benzene rings is 1. The minimum Gasteiger partial charge on any atom is -0.463 e. The summed E-state index contributed by atoms with van der Waals surface area (Å²) in [4.78, 5) is 30.2. The summed E-state index contributed by atoms with van der Waals surface area (Å²) in [5, 5.41) is 8.18. The Labute approximate surface area is 177 Å². The van der Waals surface area contributed by atoms with E-state index in [2.05, 4.69) is 15.4 Å². The fraction of sp³-hybridized carbons (Fsp3) is 0.273. The second-order valence-corrected chi connectivity index (χ2v) is 8.11. The first kappa shape index (κ1) is 20.0. The molecule has 30 heavy (non-hydrogen) atoms. The van der Waals surface area contributed by atoms with Crippen molar-refractivity contribution in [3.05, 3.63) is 63.1 Å². The Hall–Kier alpha value is -3.26. The van der Waals surface area contributed by atoms with Gasteiger partial charge in [-0.15, -0.1) is 11.3 Å². The number of hydrogen-bond acceptors (Lipinski definition) is 6. The normalized spacial score (nSPS) is 11.2. The predicted molar refractivity (Wildman–Crippen MR) is 118 cm³/mol. The van der Waals surface area contributed by atoms with Crippen molar-refractivity contribution in [2.24, 2.45) is 0 Å². The van der Waals surface area contributed by atoms with Gasteiger partial charge >= 0.3 is 0 Å². The molecule has 1 aromatic carbocycles. The molecular weight excluding hydrogens is 400 g/mol. The van der Waals surface area contributed by atoms with Gasteiger partial charge in [-0.1, -0.05) is 32.0 Å². The van der Waals surface area contributed by atoms with E-state index in [1.54, 1.807) is 18.4 Å². The average Bonchev–Trinajstić information content (AvgIpc) is 3.40. The molecule has 7 nitrogen and oxygen atoms in total. The number of nitrogens with zero attached hydrogens (tertiary/aromatic N) is 3. The SMILES string of the molecule is CCc1cccc(CC)c1NC(=O)Cn1nc(-c2ccco2)c2sc(C)nc2c1=O. The molecule has 1 amide bonds. The van der Waals surface area contributed by atoms with Crippen molar-refractivity contribution in [2.45, 2.75) is 40.2 Å². The molecule has 8 heteroatoms. The topological polar surface area (TPSA) is 90.0 Å². The quantitative estimate of drug-likeness (QED) is 0.503. The van der Waals surface area contributed by atoms with E-state index in [-0.39, 0.29) is 18.0 Å². The van der Waals surface area contributed by atoms with Crippen molar-refractivity contribution in [1.82, 2.24) is 14.8 Å². The van der Waals surface area contributed by atoms with E-state index >= 15 is 0 Å². The summed E-state index contributed by atoms with van der Waals surface area (Å²) >= 11 is 1.38. The molecule has 0 saturated carbocycles. The van der Waals surface area contributed by atoms with Gasteiger partial charge in [-0.05, 0) is 43.0 Å². The second-order valence-electron chi connectivity index (χ2n) is 6.91. The lowest BCUT2D eigenvalue weighted by molar-refractivity contribution is -0.117. The average molecular weight is 423 g/mol. The van der Waals surface area contributed by atoms with Crippen LogP contribution >= 0.6 is 11.3 Å². The Morgan fingerprint density at radius 2 is 1.90 bits per heavy atom. The first-order valence-corrected chi connectivity index (χ1v) is 10.7. The number of amides is 1. The summed E-state index contributed by atoms with van der Waals surface area (Å²) in [5.74, 6) is 0.222. The van der Waals surface area contributed by atoms with Gasteiger partial charge < -0.3 is 9.73 Å². The number of anilines is 1. The summed E-state index contributed by atoms with van der Waals surface area (Å²) in [6.07, 6.45) is 3.15. The Bertz CT molecular complexity index is 1250. The van der Waals surface area contributed by atoms with Gasteiger partial charge in [0.15, 0.2) is 11.3 Å². The van der Waals surface area contributed by atoms with Crippen molar-refractivity contribution in [3.8, 4) is 11.5 Å². The maximum Gasteiger partial charge on any atom is 0.294 e. The number of carbonyl (C=O) groups excluding carboxylic acids is 1. The molecule has 0 saturated heterocycles. The van der Waals surface area contributed by atoms with Gasteiger partial charge in [-0.3, -0.25) is 9.59 Å². The number of aromatic nitrogens is 3. The Balaban J connectivity index is 1.72. The van der Waals surface area contributed by atoms with Crippen LogP contribution in [0.4, 0.5) is 5.69 Å². The van der Waals surface area contributed by atoms with Gasteiger partial charge in [0.1, 0.15) is 12.2 Å². The van der Waals surface area contributed by atoms with Gasteiger partial charge in [0.25, 0.3) is 5.56 Å². The van der Waals surface area contributed by atoms with E-state index in [9.17, 15) is 9.59 Å². The van der Waals surface area contributed by atoms with Gasteiger partial charge in [0, 0.05) is 5.69 Å². The van der Waals surface area contributed by atoms with E-state index in [0.29, 0.717) is 21.7 Å². The number of para-hydroxylation sites is 1. The van der Waals surface area contributed by atoms with Gasteiger partial charge in [-0.25, -0.2) is 9.67 Å². The highest BCUT2D eigenvalue weighted by atomic mass is 32.1. The van der Waals surface area contributed by atoms with Gasteiger partial charge in [0.05, 0.1) is 16.0 Å². The van der Waals surface area contributed by atoms with Crippen LogP contribution in [-0.2, 0) is 24.2 Å². The van der Waals surface area contributed by atoms with E-state index in [1.165, 1.54) is 11.3 Å². The molecule has 0 aliphatic carbocycles. The summed E-state index contributed by atoms with van der Waals surface area (Å²) < 4.78 is 7.32. The highest BCUT2D eigenvalue weighted by Crippen LogP contribution is 2.29. The van der Waals surface area contributed by atoms with E-state index in [1.807, 2.05) is 39.0 Å². The molecule has 0 aliphatic rings. The van der Waals surface area contributed by atoms with E-state index in [0.717, 1.165) is 39.3 Å². The first-order valence-electron chi connectivity index (χ1n) is 9.84. The third-order valence-corrected chi connectivity index (χ3v) is 5.90. The van der Waals surface area contributed by atoms with Crippen LogP contribution in [0.15, 0.2) is 45.8 Å². The number of fused-ring (bicyclic) bond motifs is 1. The Morgan fingerprint density at radius 1 is 1.17 bits per heavy atom. The molecule has 0 bridgehead atoms. The molecule has 3 heterocycles. The highest BCUT2D eigenvalue weighted by Gasteiger charge is 2.20. The Kier molecular flexibility index (Phi) is 5.50. The molecule has 154 valence electrons. The van der Waals surface area contributed by atoms with Crippen molar-refractivity contribution < 1.29 is 9.21 Å². The number of thiazole rings is 1. The predicted octanol–water partition coefficient (Wildman–Crippen LogP) is 4.18. The van der Waals surface area contributed by atoms with Crippen LogP contribution in [0.3, 0.4) is 0 Å². The molecule has 0 radical (unpaired) electrons. The van der Waals surface area contributed by atoms with Gasteiger partial charge in [0.2, 0.25) is 5.91 Å². The van der Waals surface area contributed by atoms with Crippen molar-refractivity contribution >= 4 is 33.1 Å². The minimum absolute atomic E-state index is 0.208. The number of rotatable bonds is 6. The lowest BCUT2D eigenvalue weighted by atomic mass is 10.0. The van der Waals surface area contributed by atoms with Crippen LogP contribution < -0.4 is 10.9 Å². The zero-order chi connectivity index (χ0) is 21.3. The lowest BCUT2D eigenvalue weighted by Crippen LogP contribution is -2.30. The molecule has 0 spiro atoms. The summed E-state index contributed by atoms with van der Waals surface area (Å²) in [6, 6.07) is 9.52. The molecule has 4 rings (SSSR count). The third kappa shape index (κ3) is 3.66. The fourth-order valence-electron chi connectivity index (χ4n) is 3.47. The monoisotopic (exact) mass is 422 g/mol.